The average Bonchev–Trinajstić information content (AvgIpc) is 3.15. The number of hydrogen-bond donors (Lipinski definition) is 1. The third-order valence-electron chi connectivity index (χ3n) is 3.14. The highest BCUT2D eigenvalue weighted by molar-refractivity contribution is 6.35. The maximum absolute atomic E-state index is 12.0. The molecule has 0 atom stereocenters. The first-order chi connectivity index (χ1) is 11.9. The summed E-state index contributed by atoms with van der Waals surface area (Å²) in [5.41, 5.74) is 0.614. The summed E-state index contributed by atoms with van der Waals surface area (Å²) in [4.78, 5) is 17.8. The summed E-state index contributed by atoms with van der Waals surface area (Å²) < 4.78 is 10.1. The molecule has 10 heteroatoms. The normalized spacial score (nSPS) is 10.7. The number of benzene rings is 1. The largest absolute Gasteiger partial charge is 0.360 e. The average molecular weight is 382 g/mol. The highest BCUT2D eigenvalue weighted by Gasteiger charge is 2.16. The van der Waals surface area contributed by atoms with Crippen molar-refractivity contribution in [2.24, 2.45) is 0 Å². The molecule has 0 aliphatic heterocycles. The molecule has 130 valence electrons. The van der Waals surface area contributed by atoms with Crippen molar-refractivity contribution in [1.29, 1.82) is 0 Å². The molecule has 3 rings (SSSR count). The molecule has 0 bridgehead atoms. The van der Waals surface area contributed by atoms with E-state index in [1.807, 2.05) is 0 Å². The highest BCUT2D eigenvalue weighted by atomic mass is 35.5. The lowest BCUT2D eigenvalue weighted by Crippen LogP contribution is -2.30. The number of aromatic nitrogens is 3. The molecule has 2 aromatic heterocycles. The Bertz CT molecular complexity index is 888. The first-order valence-electron chi connectivity index (χ1n) is 7.15. The minimum atomic E-state index is -0.304. The Labute approximate surface area is 152 Å². The number of likely N-dealkylation sites (N-methyl/N-ethyl adjacent to an activating group) is 1. The van der Waals surface area contributed by atoms with E-state index in [0.717, 1.165) is 0 Å². The van der Waals surface area contributed by atoms with Crippen molar-refractivity contribution in [3.05, 3.63) is 40.1 Å². The first-order valence-corrected chi connectivity index (χ1v) is 7.91. The third-order valence-corrected chi connectivity index (χ3v) is 3.58. The van der Waals surface area contributed by atoms with Crippen LogP contribution in [0.3, 0.4) is 0 Å². The number of anilines is 2. The summed E-state index contributed by atoms with van der Waals surface area (Å²) in [6.45, 7) is 1.72. The van der Waals surface area contributed by atoms with E-state index in [9.17, 15) is 4.79 Å². The number of carbonyl (C=O) groups excluding carboxylic acids is 1. The van der Waals surface area contributed by atoms with Gasteiger partial charge in [0.05, 0.1) is 0 Å². The van der Waals surface area contributed by atoms with Gasteiger partial charge in [0, 0.05) is 28.7 Å². The number of amides is 1. The van der Waals surface area contributed by atoms with E-state index in [1.54, 1.807) is 38.2 Å². The van der Waals surface area contributed by atoms with Crippen LogP contribution >= 0.6 is 23.2 Å². The van der Waals surface area contributed by atoms with Crippen molar-refractivity contribution in [1.82, 2.24) is 15.3 Å². The zero-order valence-electron chi connectivity index (χ0n) is 13.3. The Hall–Kier alpha value is -2.58. The van der Waals surface area contributed by atoms with E-state index in [0.29, 0.717) is 33.0 Å². The predicted molar refractivity (Wildman–Crippen MR) is 92.9 cm³/mol. The fourth-order valence-electron chi connectivity index (χ4n) is 2.06. The van der Waals surface area contributed by atoms with Crippen LogP contribution in [0.4, 0.5) is 11.8 Å². The van der Waals surface area contributed by atoms with Gasteiger partial charge in [-0.05, 0) is 25.1 Å². The number of halogens is 2. The van der Waals surface area contributed by atoms with Gasteiger partial charge in [-0.3, -0.25) is 4.79 Å². The summed E-state index contributed by atoms with van der Waals surface area (Å²) in [5, 5.41) is 11.1. The molecule has 0 spiro atoms. The zero-order chi connectivity index (χ0) is 18.0. The van der Waals surface area contributed by atoms with Gasteiger partial charge < -0.3 is 19.3 Å². The molecule has 0 radical (unpaired) electrons. The Morgan fingerprint density at radius 3 is 2.52 bits per heavy atom. The maximum Gasteiger partial charge on any atom is 0.324 e. The van der Waals surface area contributed by atoms with E-state index in [-0.39, 0.29) is 18.5 Å². The van der Waals surface area contributed by atoms with Gasteiger partial charge in [-0.25, -0.2) is 0 Å². The van der Waals surface area contributed by atoms with E-state index in [4.69, 9.17) is 32.2 Å². The molecule has 0 unspecified atom stereocenters. The van der Waals surface area contributed by atoms with Gasteiger partial charge in [0.25, 0.3) is 0 Å². The molecular formula is C15H13Cl2N5O3. The van der Waals surface area contributed by atoms with E-state index in [1.165, 1.54) is 4.90 Å². The summed E-state index contributed by atoms with van der Waals surface area (Å²) in [6.07, 6.45) is 0. The predicted octanol–water partition coefficient (Wildman–Crippen LogP) is 3.41. The fraction of sp³-hybridized carbons (Fsp3) is 0.200. The van der Waals surface area contributed by atoms with Gasteiger partial charge in [-0.15, -0.1) is 0 Å². The van der Waals surface area contributed by atoms with E-state index >= 15 is 0 Å². The summed E-state index contributed by atoms with van der Waals surface area (Å²) in [6, 6.07) is 6.74. The summed E-state index contributed by atoms with van der Waals surface area (Å²) in [5.74, 6) is 0.959. The van der Waals surface area contributed by atoms with Crippen LogP contribution in [0, 0.1) is 6.92 Å². The fourth-order valence-corrected chi connectivity index (χ4v) is 2.59. The Balaban J connectivity index is 1.67. The Morgan fingerprint density at radius 2 is 1.88 bits per heavy atom. The molecule has 1 N–H and O–H groups in total. The maximum atomic E-state index is 12.0. The highest BCUT2D eigenvalue weighted by Crippen LogP contribution is 2.26. The molecule has 2 heterocycles. The second-order valence-electron chi connectivity index (χ2n) is 5.29. The van der Waals surface area contributed by atoms with Gasteiger partial charge in [-0.1, -0.05) is 33.5 Å². The first kappa shape index (κ1) is 17.2. The number of rotatable bonds is 5. The van der Waals surface area contributed by atoms with Crippen molar-refractivity contribution in [2.45, 2.75) is 6.92 Å². The Kier molecular flexibility index (Phi) is 4.91. The molecule has 0 saturated carbocycles. The quantitative estimate of drug-likeness (QED) is 0.722. The third kappa shape index (κ3) is 4.28. The molecular weight excluding hydrogens is 369 g/mol. The van der Waals surface area contributed by atoms with Crippen molar-refractivity contribution < 1.29 is 13.8 Å². The Morgan fingerprint density at radius 1 is 1.16 bits per heavy atom. The van der Waals surface area contributed by atoms with Crippen LogP contribution in [0.25, 0.3) is 11.4 Å². The lowest BCUT2D eigenvalue weighted by atomic mass is 10.2. The second-order valence-corrected chi connectivity index (χ2v) is 6.16. The number of aryl methyl sites for hydroxylation is 1. The van der Waals surface area contributed by atoms with E-state index in [2.05, 4.69) is 20.6 Å². The topological polar surface area (TPSA) is 97.3 Å². The van der Waals surface area contributed by atoms with Crippen LogP contribution in [0.15, 0.2) is 33.3 Å². The minimum Gasteiger partial charge on any atom is -0.360 e. The van der Waals surface area contributed by atoms with Gasteiger partial charge in [0.15, 0.2) is 5.82 Å². The minimum absolute atomic E-state index is 0.0101. The van der Waals surface area contributed by atoms with Crippen LogP contribution in [-0.2, 0) is 4.79 Å². The number of carbonyl (C=O) groups is 1. The zero-order valence-corrected chi connectivity index (χ0v) is 14.8. The van der Waals surface area contributed by atoms with Crippen LogP contribution in [0.5, 0.6) is 0 Å². The molecule has 1 aromatic carbocycles. The number of hydrogen-bond acceptors (Lipinski definition) is 7. The molecule has 25 heavy (non-hydrogen) atoms. The number of nitrogens with zero attached hydrogens (tertiary/aromatic N) is 4. The molecule has 8 nitrogen and oxygen atoms in total. The van der Waals surface area contributed by atoms with Crippen molar-refractivity contribution >= 4 is 40.9 Å². The van der Waals surface area contributed by atoms with Crippen molar-refractivity contribution in [3.63, 3.8) is 0 Å². The monoisotopic (exact) mass is 381 g/mol. The van der Waals surface area contributed by atoms with Crippen LogP contribution in [0.1, 0.15) is 5.76 Å². The van der Waals surface area contributed by atoms with Crippen LogP contribution in [-0.4, -0.2) is 34.8 Å². The smallest absolute Gasteiger partial charge is 0.324 e. The summed E-state index contributed by atoms with van der Waals surface area (Å²) >= 11 is 11.9. The van der Waals surface area contributed by atoms with Crippen LogP contribution < -0.4 is 10.2 Å². The molecule has 0 aliphatic carbocycles. The molecule has 0 saturated heterocycles. The SMILES string of the molecule is Cc1cc(NC(=O)CN(C)c2nc(-c3cc(Cl)cc(Cl)c3)no2)no1. The lowest BCUT2D eigenvalue weighted by Gasteiger charge is -2.12. The molecule has 0 fully saturated rings. The lowest BCUT2D eigenvalue weighted by molar-refractivity contribution is -0.115. The second kappa shape index (κ2) is 7.12. The molecule has 3 aromatic rings. The van der Waals surface area contributed by atoms with Gasteiger partial charge in [0.2, 0.25) is 11.7 Å². The molecule has 1 amide bonds. The van der Waals surface area contributed by atoms with Gasteiger partial charge in [0.1, 0.15) is 12.3 Å². The molecule has 0 aliphatic rings. The van der Waals surface area contributed by atoms with Crippen molar-refractivity contribution in [3.8, 4) is 11.4 Å². The van der Waals surface area contributed by atoms with Crippen molar-refractivity contribution in [2.75, 3.05) is 23.8 Å². The summed E-state index contributed by atoms with van der Waals surface area (Å²) in [7, 11) is 1.65. The van der Waals surface area contributed by atoms with E-state index < -0.39 is 0 Å². The standard InChI is InChI=1S/C15H13Cl2N5O3/c1-8-3-12(20-24-8)18-13(23)7-22(2)15-19-14(21-25-15)9-4-10(16)6-11(17)5-9/h3-6H,7H2,1-2H3,(H,18,20,23). The van der Waals surface area contributed by atoms with Gasteiger partial charge in [-0.2, -0.15) is 4.98 Å². The van der Waals surface area contributed by atoms with Gasteiger partial charge >= 0.3 is 6.01 Å². The number of nitrogens with one attached hydrogen (secondary N) is 1. The van der Waals surface area contributed by atoms with Crippen LogP contribution in [0.2, 0.25) is 10.0 Å².